The van der Waals surface area contributed by atoms with Crippen LogP contribution < -0.4 is 5.32 Å². The fourth-order valence-corrected chi connectivity index (χ4v) is 2.66. The summed E-state index contributed by atoms with van der Waals surface area (Å²) in [5, 5.41) is 3.88. The van der Waals surface area contributed by atoms with E-state index in [4.69, 9.17) is 11.6 Å². The van der Waals surface area contributed by atoms with Crippen LogP contribution in [0.1, 0.15) is 23.6 Å². The molecular weight excluding hydrogens is 270 g/mol. The molecule has 106 valence electrons. The lowest BCUT2D eigenvalue weighted by molar-refractivity contribution is 0.0739. The number of rotatable bonds is 4. The summed E-state index contributed by atoms with van der Waals surface area (Å²) in [5.74, 6) is 0. The highest BCUT2D eigenvalue weighted by molar-refractivity contribution is 6.31. The predicted molar refractivity (Wildman–Crippen MR) is 74.0 cm³/mol. The van der Waals surface area contributed by atoms with Gasteiger partial charge in [-0.25, -0.2) is 8.78 Å². The van der Waals surface area contributed by atoms with Gasteiger partial charge < -0.3 is 5.32 Å². The highest BCUT2D eigenvalue weighted by Crippen LogP contribution is 2.30. The fourth-order valence-electron chi connectivity index (χ4n) is 2.47. The fraction of sp³-hybridized carbons (Fsp3) is 0.571. The van der Waals surface area contributed by atoms with Gasteiger partial charge in [0.05, 0.1) is 0 Å². The summed E-state index contributed by atoms with van der Waals surface area (Å²) in [5.41, 5.74) is 1.86. The van der Waals surface area contributed by atoms with E-state index in [2.05, 4.69) is 10.2 Å². The molecule has 1 fully saturated rings. The van der Waals surface area contributed by atoms with Crippen LogP contribution in [0, 0.1) is 6.92 Å². The zero-order chi connectivity index (χ0) is 13.8. The molecule has 1 aliphatic heterocycles. The van der Waals surface area contributed by atoms with Gasteiger partial charge in [-0.05, 0) is 24.1 Å². The van der Waals surface area contributed by atoms with Crippen LogP contribution >= 0.6 is 11.6 Å². The molecule has 0 aromatic heterocycles. The molecule has 0 saturated carbocycles. The molecule has 0 unspecified atom stereocenters. The summed E-state index contributed by atoms with van der Waals surface area (Å²) in [6, 6.07) is 5.39. The topological polar surface area (TPSA) is 15.3 Å². The smallest absolute Gasteiger partial charge is 0.240 e. The minimum Gasteiger partial charge on any atom is -0.314 e. The zero-order valence-corrected chi connectivity index (χ0v) is 11.8. The molecule has 5 heteroatoms. The van der Waals surface area contributed by atoms with Crippen LogP contribution in [0.3, 0.4) is 0 Å². The number of halogens is 3. The largest absolute Gasteiger partial charge is 0.314 e. The normalized spacial score (nSPS) is 18.8. The molecule has 1 aromatic carbocycles. The molecule has 1 atom stereocenters. The first-order valence-corrected chi connectivity index (χ1v) is 6.94. The van der Waals surface area contributed by atoms with Crippen molar-refractivity contribution in [3.63, 3.8) is 0 Å². The zero-order valence-electron chi connectivity index (χ0n) is 11.0. The average Bonchev–Trinajstić information content (AvgIpc) is 2.40. The molecule has 1 saturated heterocycles. The van der Waals surface area contributed by atoms with Gasteiger partial charge in [0.25, 0.3) is 0 Å². The molecule has 0 radical (unpaired) electrons. The monoisotopic (exact) mass is 288 g/mol. The lowest BCUT2D eigenvalue weighted by atomic mass is 10.00. The first-order chi connectivity index (χ1) is 9.08. The number of piperazine rings is 1. The number of nitrogens with one attached hydrogen (secondary N) is 1. The highest BCUT2D eigenvalue weighted by Gasteiger charge is 2.25. The first kappa shape index (κ1) is 14.7. The second-order valence-corrected chi connectivity index (χ2v) is 5.34. The molecule has 1 N–H and O–H groups in total. The summed E-state index contributed by atoms with van der Waals surface area (Å²) < 4.78 is 25.7. The second-order valence-electron chi connectivity index (χ2n) is 4.94. The Morgan fingerprint density at radius 2 is 2.00 bits per heavy atom. The molecular formula is C14H19ClF2N2. The lowest BCUT2D eigenvalue weighted by Crippen LogP contribution is -2.45. The number of nitrogens with zero attached hydrogens (tertiary/aromatic N) is 1. The summed E-state index contributed by atoms with van der Waals surface area (Å²) in [6.45, 7) is 5.20. The van der Waals surface area contributed by atoms with Gasteiger partial charge in [0.2, 0.25) is 6.43 Å². The van der Waals surface area contributed by atoms with Gasteiger partial charge in [-0.1, -0.05) is 23.7 Å². The Morgan fingerprint density at radius 3 is 2.58 bits per heavy atom. The van der Waals surface area contributed by atoms with Crippen LogP contribution in [0.25, 0.3) is 0 Å². The van der Waals surface area contributed by atoms with Gasteiger partial charge in [0.15, 0.2) is 0 Å². The molecule has 2 rings (SSSR count). The molecule has 0 spiro atoms. The van der Waals surface area contributed by atoms with Crippen molar-refractivity contribution in [2.45, 2.75) is 25.8 Å². The number of alkyl halides is 2. The summed E-state index contributed by atoms with van der Waals surface area (Å²) in [7, 11) is 0. The van der Waals surface area contributed by atoms with Crippen molar-refractivity contribution in [1.82, 2.24) is 10.2 Å². The maximum Gasteiger partial charge on any atom is 0.240 e. The maximum absolute atomic E-state index is 12.8. The van der Waals surface area contributed by atoms with Gasteiger partial charge in [-0.3, -0.25) is 4.90 Å². The van der Waals surface area contributed by atoms with Crippen LogP contribution in [0.5, 0.6) is 0 Å². The number of benzene rings is 1. The minimum absolute atomic E-state index is 0.139. The van der Waals surface area contributed by atoms with E-state index in [9.17, 15) is 8.78 Å². The maximum atomic E-state index is 12.8. The van der Waals surface area contributed by atoms with Crippen molar-refractivity contribution < 1.29 is 8.78 Å². The molecule has 1 aliphatic rings. The molecule has 19 heavy (non-hydrogen) atoms. The SMILES string of the molecule is Cc1ccc([C@H](CC(F)F)N2CCNCC2)cc1Cl. The van der Waals surface area contributed by atoms with Crippen molar-refractivity contribution in [2.24, 2.45) is 0 Å². The van der Waals surface area contributed by atoms with Gasteiger partial charge in [0.1, 0.15) is 0 Å². The average molecular weight is 289 g/mol. The third-order valence-corrected chi connectivity index (χ3v) is 3.98. The third-order valence-electron chi connectivity index (χ3n) is 3.57. The Hall–Kier alpha value is -0.710. The van der Waals surface area contributed by atoms with Gasteiger partial charge in [-0.2, -0.15) is 0 Å². The second kappa shape index (κ2) is 6.64. The van der Waals surface area contributed by atoms with Crippen LogP contribution in [-0.4, -0.2) is 37.5 Å². The van der Waals surface area contributed by atoms with Crippen molar-refractivity contribution in [2.75, 3.05) is 26.2 Å². The third kappa shape index (κ3) is 3.88. The van der Waals surface area contributed by atoms with E-state index in [1.54, 1.807) is 0 Å². The first-order valence-electron chi connectivity index (χ1n) is 6.57. The van der Waals surface area contributed by atoms with E-state index in [1.165, 1.54) is 0 Å². The van der Waals surface area contributed by atoms with E-state index in [0.717, 1.165) is 37.3 Å². The van der Waals surface area contributed by atoms with E-state index < -0.39 is 6.43 Å². The number of hydrogen-bond acceptors (Lipinski definition) is 2. The minimum atomic E-state index is -2.31. The van der Waals surface area contributed by atoms with E-state index >= 15 is 0 Å². The number of hydrogen-bond donors (Lipinski definition) is 1. The molecule has 1 aromatic rings. The molecule has 2 nitrogen and oxygen atoms in total. The van der Waals surface area contributed by atoms with Gasteiger partial charge in [-0.15, -0.1) is 0 Å². The van der Waals surface area contributed by atoms with Crippen molar-refractivity contribution in [1.29, 1.82) is 0 Å². The Morgan fingerprint density at radius 1 is 1.32 bits per heavy atom. The predicted octanol–water partition coefficient (Wildman–Crippen LogP) is 3.25. The summed E-state index contributed by atoms with van der Waals surface area (Å²) in [6.07, 6.45) is -2.45. The highest BCUT2D eigenvalue weighted by atomic mass is 35.5. The van der Waals surface area contributed by atoms with Crippen molar-refractivity contribution in [3.05, 3.63) is 34.3 Å². The quantitative estimate of drug-likeness (QED) is 0.915. The Labute approximate surface area is 117 Å². The summed E-state index contributed by atoms with van der Waals surface area (Å²) >= 11 is 6.12. The molecule has 0 aliphatic carbocycles. The van der Waals surface area contributed by atoms with E-state index in [0.29, 0.717) is 5.02 Å². The van der Waals surface area contributed by atoms with Crippen molar-refractivity contribution >= 4 is 11.6 Å². The Kier molecular flexibility index (Phi) is 5.13. The van der Waals surface area contributed by atoms with Crippen LogP contribution in [0.4, 0.5) is 8.78 Å². The van der Waals surface area contributed by atoms with Crippen LogP contribution in [0.15, 0.2) is 18.2 Å². The summed E-state index contributed by atoms with van der Waals surface area (Å²) in [4.78, 5) is 2.11. The Balaban J connectivity index is 2.22. The van der Waals surface area contributed by atoms with E-state index in [1.807, 2.05) is 25.1 Å². The number of aryl methyl sites for hydroxylation is 1. The molecule has 0 bridgehead atoms. The lowest BCUT2D eigenvalue weighted by Gasteiger charge is -2.35. The Bertz CT molecular complexity index is 420. The standard InChI is InChI=1S/C14H19ClF2N2/c1-10-2-3-11(8-12(10)15)13(9-14(16)17)19-6-4-18-5-7-19/h2-3,8,13-14,18H,4-7,9H2,1H3/t13-/m0/s1. The van der Waals surface area contributed by atoms with E-state index in [-0.39, 0.29) is 12.5 Å². The van der Waals surface area contributed by atoms with Crippen LogP contribution in [-0.2, 0) is 0 Å². The van der Waals surface area contributed by atoms with Gasteiger partial charge in [0, 0.05) is 43.7 Å². The molecule has 1 heterocycles. The van der Waals surface area contributed by atoms with Crippen LogP contribution in [0.2, 0.25) is 5.02 Å². The molecule has 0 amide bonds. The van der Waals surface area contributed by atoms with Crippen molar-refractivity contribution in [3.8, 4) is 0 Å². The van der Waals surface area contributed by atoms with Gasteiger partial charge >= 0.3 is 0 Å².